The highest BCUT2D eigenvalue weighted by Crippen LogP contribution is 2.31. The van der Waals surface area contributed by atoms with E-state index in [2.05, 4.69) is 15.3 Å². The van der Waals surface area contributed by atoms with Gasteiger partial charge in [-0.15, -0.1) is 0 Å². The summed E-state index contributed by atoms with van der Waals surface area (Å²) < 4.78 is 11.7. The summed E-state index contributed by atoms with van der Waals surface area (Å²) in [6.07, 6.45) is 0. The molecule has 0 atom stereocenters. The summed E-state index contributed by atoms with van der Waals surface area (Å²) in [4.78, 5) is 16.9. The molecule has 0 aliphatic carbocycles. The van der Waals surface area contributed by atoms with Crippen LogP contribution in [-0.4, -0.2) is 16.6 Å². The van der Waals surface area contributed by atoms with Crippen LogP contribution in [0.25, 0.3) is 11.0 Å². The molecule has 3 aromatic carbocycles. The van der Waals surface area contributed by atoms with Gasteiger partial charge in [-0.05, 0) is 55.0 Å². The SMILES string of the molecule is CCOc1cc(CNc2ccc3[nH]c(=O)[nH]c3c2)ccc1OCc1ccc(Cl)cc1Cl. The van der Waals surface area contributed by atoms with Gasteiger partial charge in [-0.25, -0.2) is 4.79 Å². The summed E-state index contributed by atoms with van der Waals surface area (Å²) in [5.74, 6) is 1.31. The summed E-state index contributed by atoms with van der Waals surface area (Å²) in [5, 5.41) is 4.51. The van der Waals surface area contributed by atoms with Gasteiger partial charge in [-0.3, -0.25) is 0 Å². The number of halogens is 2. The van der Waals surface area contributed by atoms with Crippen LogP contribution in [0.2, 0.25) is 10.0 Å². The van der Waals surface area contributed by atoms with Gasteiger partial charge in [-0.2, -0.15) is 0 Å². The summed E-state index contributed by atoms with van der Waals surface area (Å²) >= 11 is 12.2. The zero-order valence-corrected chi connectivity index (χ0v) is 18.3. The van der Waals surface area contributed by atoms with Crippen LogP contribution >= 0.6 is 23.2 Å². The minimum atomic E-state index is -0.219. The highest BCUT2D eigenvalue weighted by molar-refractivity contribution is 6.35. The smallest absolute Gasteiger partial charge is 0.323 e. The third kappa shape index (κ3) is 5.16. The first-order chi connectivity index (χ1) is 15.0. The molecule has 0 spiro atoms. The predicted octanol–water partition coefficient (Wildman–Crippen LogP) is 5.75. The molecule has 0 bridgehead atoms. The molecule has 160 valence electrons. The quantitative estimate of drug-likeness (QED) is 0.314. The second-order valence-corrected chi connectivity index (χ2v) is 7.78. The van der Waals surface area contributed by atoms with E-state index in [1.165, 1.54) is 0 Å². The Kier molecular flexibility index (Phi) is 6.39. The maximum absolute atomic E-state index is 11.4. The van der Waals surface area contributed by atoms with Crippen molar-refractivity contribution in [2.75, 3.05) is 11.9 Å². The molecule has 1 aromatic heterocycles. The second-order valence-electron chi connectivity index (χ2n) is 6.93. The molecule has 0 saturated carbocycles. The van der Waals surface area contributed by atoms with E-state index in [0.29, 0.717) is 41.3 Å². The number of benzene rings is 3. The number of fused-ring (bicyclic) bond motifs is 1. The third-order valence-electron chi connectivity index (χ3n) is 4.72. The average Bonchev–Trinajstić information content (AvgIpc) is 3.12. The van der Waals surface area contributed by atoms with E-state index in [9.17, 15) is 4.79 Å². The summed E-state index contributed by atoms with van der Waals surface area (Å²) in [5.41, 5.74) is 4.09. The van der Waals surface area contributed by atoms with E-state index in [1.807, 2.05) is 49.4 Å². The predicted molar refractivity (Wildman–Crippen MR) is 125 cm³/mol. The molecule has 0 unspecified atom stereocenters. The van der Waals surface area contributed by atoms with Crippen molar-refractivity contribution < 1.29 is 9.47 Å². The van der Waals surface area contributed by atoms with Gasteiger partial charge in [0.2, 0.25) is 0 Å². The number of ether oxygens (including phenoxy) is 2. The zero-order chi connectivity index (χ0) is 21.8. The van der Waals surface area contributed by atoms with Crippen molar-refractivity contribution in [1.82, 2.24) is 9.97 Å². The number of imidazole rings is 1. The van der Waals surface area contributed by atoms with E-state index in [1.54, 1.807) is 12.1 Å². The van der Waals surface area contributed by atoms with Crippen molar-refractivity contribution in [2.24, 2.45) is 0 Å². The fraction of sp³-hybridized carbons (Fsp3) is 0.174. The lowest BCUT2D eigenvalue weighted by Crippen LogP contribution is -2.03. The van der Waals surface area contributed by atoms with Gasteiger partial charge < -0.3 is 24.8 Å². The Balaban J connectivity index is 1.45. The Morgan fingerprint density at radius 3 is 2.55 bits per heavy atom. The fourth-order valence-electron chi connectivity index (χ4n) is 3.19. The number of H-pyrrole nitrogens is 2. The van der Waals surface area contributed by atoms with Crippen LogP contribution < -0.4 is 20.5 Å². The lowest BCUT2D eigenvalue weighted by Gasteiger charge is -2.15. The summed E-state index contributed by atoms with van der Waals surface area (Å²) in [6.45, 7) is 3.34. The van der Waals surface area contributed by atoms with Crippen LogP contribution in [0.4, 0.5) is 5.69 Å². The van der Waals surface area contributed by atoms with Crippen LogP contribution in [0, 0.1) is 0 Å². The molecular formula is C23H21Cl2N3O3. The van der Waals surface area contributed by atoms with Gasteiger partial charge in [0.15, 0.2) is 11.5 Å². The number of aromatic nitrogens is 2. The minimum absolute atomic E-state index is 0.219. The summed E-state index contributed by atoms with van der Waals surface area (Å²) in [6, 6.07) is 16.8. The molecule has 0 fully saturated rings. The number of nitrogens with one attached hydrogen (secondary N) is 3. The van der Waals surface area contributed by atoms with E-state index >= 15 is 0 Å². The Bertz CT molecular complexity index is 1270. The Hall–Kier alpha value is -3.09. The van der Waals surface area contributed by atoms with Gasteiger partial charge in [0.25, 0.3) is 0 Å². The van der Waals surface area contributed by atoms with E-state index in [-0.39, 0.29) is 5.69 Å². The largest absolute Gasteiger partial charge is 0.490 e. The van der Waals surface area contributed by atoms with Crippen LogP contribution in [0.3, 0.4) is 0 Å². The molecule has 0 aliphatic rings. The first-order valence-electron chi connectivity index (χ1n) is 9.80. The molecule has 6 nitrogen and oxygen atoms in total. The molecule has 1 heterocycles. The van der Waals surface area contributed by atoms with Crippen molar-refractivity contribution in [1.29, 1.82) is 0 Å². The molecule has 8 heteroatoms. The number of hydrogen-bond donors (Lipinski definition) is 3. The van der Waals surface area contributed by atoms with Crippen LogP contribution in [-0.2, 0) is 13.2 Å². The maximum atomic E-state index is 11.4. The number of anilines is 1. The fourth-order valence-corrected chi connectivity index (χ4v) is 3.65. The Morgan fingerprint density at radius 1 is 0.903 bits per heavy atom. The van der Waals surface area contributed by atoms with Gasteiger partial charge >= 0.3 is 5.69 Å². The van der Waals surface area contributed by atoms with Gasteiger partial charge in [0.05, 0.1) is 17.6 Å². The van der Waals surface area contributed by atoms with E-state index < -0.39 is 0 Å². The van der Waals surface area contributed by atoms with Crippen LogP contribution in [0.1, 0.15) is 18.1 Å². The number of aromatic amines is 2. The lowest BCUT2D eigenvalue weighted by atomic mass is 10.2. The average molecular weight is 458 g/mol. The molecule has 0 saturated heterocycles. The molecule has 4 aromatic rings. The number of rotatable bonds is 8. The van der Waals surface area contributed by atoms with E-state index in [4.69, 9.17) is 32.7 Å². The highest BCUT2D eigenvalue weighted by atomic mass is 35.5. The standard InChI is InChI=1S/C23H21Cl2N3O3/c1-2-30-22-9-14(12-26-17-6-7-19-20(11-17)28-23(29)27-19)3-8-21(22)31-13-15-4-5-16(24)10-18(15)25/h3-11,26H,2,12-13H2,1H3,(H2,27,28,29). The molecule has 0 radical (unpaired) electrons. The lowest BCUT2D eigenvalue weighted by molar-refractivity contribution is 0.269. The first kappa shape index (κ1) is 21.2. The van der Waals surface area contributed by atoms with Crippen molar-refractivity contribution >= 4 is 39.9 Å². The summed E-state index contributed by atoms with van der Waals surface area (Å²) in [7, 11) is 0. The normalized spacial score (nSPS) is 10.9. The monoisotopic (exact) mass is 457 g/mol. The number of hydrogen-bond acceptors (Lipinski definition) is 4. The first-order valence-corrected chi connectivity index (χ1v) is 10.6. The topological polar surface area (TPSA) is 79.1 Å². The van der Waals surface area contributed by atoms with Gasteiger partial charge in [0.1, 0.15) is 6.61 Å². The third-order valence-corrected chi connectivity index (χ3v) is 5.31. The minimum Gasteiger partial charge on any atom is -0.490 e. The Morgan fingerprint density at radius 2 is 1.74 bits per heavy atom. The van der Waals surface area contributed by atoms with Crippen molar-refractivity contribution in [2.45, 2.75) is 20.1 Å². The molecule has 3 N–H and O–H groups in total. The molecule has 0 amide bonds. The van der Waals surface area contributed by atoms with Crippen molar-refractivity contribution in [3.8, 4) is 11.5 Å². The molecule has 31 heavy (non-hydrogen) atoms. The van der Waals surface area contributed by atoms with Crippen LogP contribution in [0.5, 0.6) is 11.5 Å². The van der Waals surface area contributed by atoms with Gasteiger partial charge in [0, 0.05) is 27.8 Å². The molecule has 0 aliphatic heterocycles. The molecule has 4 rings (SSSR count). The van der Waals surface area contributed by atoms with E-state index in [0.717, 1.165) is 27.8 Å². The second kappa shape index (κ2) is 9.37. The zero-order valence-electron chi connectivity index (χ0n) is 16.8. The van der Waals surface area contributed by atoms with Crippen LogP contribution in [0.15, 0.2) is 59.4 Å². The maximum Gasteiger partial charge on any atom is 0.323 e. The highest BCUT2D eigenvalue weighted by Gasteiger charge is 2.09. The Labute approximate surface area is 189 Å². The van der Waals surface area contributed by atoms with Crippen molar-refractivity contribution in [3.05, 3.63) is 86.3 Å². The van der Waals surface area contributed by atoms with Gasteiger partial charge in [-0.1, -0.05) is 35.3 Å². The molecular weight excluding hydrogens is 437 g/mol. The van der Waals surface area contributed by atoms with Crippen molar-refractivity contribution in [3.63, 3.8) is 0 Å².